The summed E-state index contributed by atoms with van der Waals surface area (Å²) in [5, 5.41) is 11.1. The maximum absolute atomic E-state index is 13.1. The number of hydrogen-bond donors (Lipinski definition) is 1. The summed E-state index contributed by atoms with van der Waals surface area (Å²) >= 11 is 0. The topological polar surface area (TPSA) is 79.3 Å². The second-order valence-corrected chi connectivity index (χ2v) is 8.61. The highest BCUT2D eigenvalue weighted by molar-refractivity contribution is 6.46. The lowest BCUT2D eigenvalue weighted by molar-refractivity contribution is -0.139. The monoisotopic (exact) mass is 452 g/mol. The Balaban J connectivity index is 2.04. The molecule has 1 aliphatic rings. The van der Waals surface area contributed by atoms with E-state index in [-0.39, 0.29) is 17.4 Å². The highest BCUT2D eigenvalue weighted by atomic mass is 16.5. The van der Waals surface area contributed by atoms with Gasteiger partial charge in [0.2, 0.25) is 0 Å². The van der Waals surface area contributed by atoms with E-state index in [9.17, 15) is 14.7 Å². The van der Waals surface area contributed by atoms with Crippen molar-refractivity contribution in [2.75, 3.05) is 34.3 Å². The van der Waals surface area contributed by atoms with Crippen molar-refractivity contribution in [2.24, 2.45) is 0 Å². The molecule has 1 N–H and O–H groups in total. The van der Waals surface area contributed by atoms with E-state index in [1.165, 1.54) is 0 Å². The zero-order valence-electron chi connectivity index (χ0n) is 19.9. The summed E-state index contributed by atoms with van der Waals surface area (Å²) in [6, 6.07) is 13.4. The van der Waals surface area contributed by atoms with Gasteiger partial charge >= 0.3 is 0 Å². The number of carbonyl (C=O) groups excluding carboxylic acids is 2. The smallest absolute Gasteiger partial charge is 0.295 e. The summed E-state index contributed by atoms with van der Waals surface area (Å²) in [6.45, 7) is 5.07. The predicted molar refractivity (Wildman–Crippen MR) is 127 cm³/mol. The molecule has 1 aliphatic heterocycles. The average molecular weight is 453 g/mol. The lowest BCUT2D eigenvalue weighted by Gasteiger charge is -2.26. The van der Waals surface area contributed by atoms with Crippen LogP contribution in [0.25, 0.3) is 5.76 Å². The maximum atomic E-state index is 13.1. The molecule has 0 spiro atoms. The molecular weight excluding hydrogens is 420 g/mol. The summed E-state index contributed by atoms with van der Waals surface area (Å²) in [7, 11) is 5.48. The Hall–Kier alpha value is -3.32. The highest BCUT2D eigenvalue weighted by Gasteiger charge is 2.45. The number of hydrogen-bond acceptors (Lipinski definition) is 6. The average Bonchev–Trinajstić information content (AvgIpc) is 3.03. The van der Waals surface area contributed by atoms with Crippen LogP contribution in [0, 0.1) is 0 Å². The molecule has 0 aromatic heterocycles. The van der Waals surface area contributed by atoms with Crippen molar-refractivity contribution in [3.63, 3.8) is 0 Å². The van der Waals surface area contributed by atoms with Crippen LogP contribution in [0.5, 0.6) is 11.5 Å². The number of aliphatic hydroxyl groups excluding tert-OH is 1. The molecule has 2 aromatic carbocycles. The Labute approximate surface area is 195 Å². The molecule has 176 valence electrons. The Morgan fingerprint density at radius 3 is 2.18 bits per heavy atom. The van der Waals surface area contributed by atoms with Gasteiger partial charge in [0.15, 0.2) is 0 Å². The SMILES string of the molecule is COc1ccc(C(O)=C2C(=O)C(=O)N(CCCN(C)C)[C@@H]2c2ccc(OC(C)C)cc2)cc1. The number of ether oxygens (including phenoxy) is 2. The van der Waals surface area contributed by atoms with Crippen molar-refractivity contribution in [1.29, 1.82) is 0 Å². The summed E-state index contributed by atoms with van der Waals surface area (Å²) < 4.78 is 10.9. The fourth-order valence-electron chi connectivity index (χ4n) is 3.92. The molecule has 1 amide bonds. The summed E-state index contributed by atoms with van der Waals surface area (Å²) in [6.07, 6.45) is 0.732. The number of carbonyl (C=O) groups is 2. The van der Waals surface area contributed by atoms with Gasteiger partial charge in [-0.1, -0.05) is 12.1 Å². The third-order valence-corrected chi connectivity index (χ3v) is 5.48. The van der Waals surface area contributed by atoms with Crippen LogP contribution < -0.4 is 9.47 Å². The number of ketones is 1. The number of rotatable bonds is 9. The Bertz CT molecular complexity index is 1010. The molecule has 0 aliphatic carbocycles. The zero-order chi connectivity index (χ0) is 24.1. The van der Waals surface area contributed by atoms with Gasteiger partial charge in [-0.05, 0) is 82.9 Å². The lowest BCUT2D eigenvalue weighted by Crippen LogP contribution is -2.32. The summed E-state index contributed by atoms with van der Waals surface area (Å²) in [5.74, 6) is -0.142. The molecule has 0 radical (unpaired) electrons. The minimum absolute atomic E-state index is 0.0302. The van der Waals surface area contributed by atoms with Gasteiger partial charge in [-0.2, -0.15) is 0 Å². The van der Waals surface area contributed by atoms with Crippen molar-refractivity contribution >= 4 is 17.4 Å². The molecule has 7 heteroatoms. The fourth-order valence-corrected chi connectivity index (χ4v) is 3.92. The molecule has 1 saturated heterocycles. The van der Waals surface area contributed by atoms with E-state index in [1.54, 1.807) is 36.3 Å². The minimum atomic E-state index is -0.680. The number of aliphatic hydroxyl groups is 1. The fraction of sp³-hybridized carbons (Fsp3) is 0.385. The molecular formula is C26H32N2O5. The normalized spacial score (nSPS) is 17.8. The highest BCUT2D eigenvalue weighted by Crippen LogP contribution is 2.40. The largest absolute Gasteiger partial charge is 0.507 e. The Morgan fingerprint density at radius 1 is 1.03 bits per heavy atom. The number of methoxy groups -OCH3 is 1. The van der Waals surface area contributed by atoms with Crippen LogP contribution in [0.2, 0.25) is 0 Å². The zero-order valence-corrected chi connectivity index (χ0v) is 19.9. The van der Waals surface area contributed by atoms with Gasteiger partial charge in [-0.3, -0.25) is 9.59 Å². The van der Waals surface area contributed by atoms with Gasteiger partial charge < -0.3 is 24.4 Å². The van der Waals surface area contributed by atoms with Crippen LogP contribution >= 0.6 is 0 Å². The van der Waals surface area contributed by atoms with E-state index in [0.29, 0.717) is 30.0 Å². The molecule has 0 saturated carbocycles. The second-order valence-electron chi connectivity index (χ2n) is 8.61. The van der Waals surface area contributed by atoms with E-state index in [1.807, 2.05) is 57.1 Å². The Kier molecular flexibility index (Phi) is 7.76. The van der Waals surface area contributed by atoms with Crippen molar-refractivity contribution in [3.8, 4) is 11.5 Å². The number of benzene rings is 2. The van der Waals surface area contributed by atoms with Crippen LogP contribution in [0.1, 0.15) is 37.4 Å². The molecule has 1 heterocycles. The van der Waals surface area contributed by atoms with Crippen LogP contribution in [-0.2, 0) is 9.59 Å². The summed E-state index contributed by atoms with van der Waals surface area (Å²) in [5.41, 5.74) is 1.28. The lowest BCUT2D eigenvalue weighted by atomic mass is 9.95. The third kappa shape index (κ3) is 5.54. The standard InChI is InChI=1S/C26H32N2O5/c1-17(2)33-21-13-7-18(8-14-21)23-22(24(29)19-9-11-20(32-5)12-10-19)25(30)26(31)28(23)16-6-15-27(3)4/h7-14,17,23,29H,6,15-16H2,1-5H3/t23-/m1/s1. The number of amides is 1. The summed E-state index contributed by atoms with van der Waals surface area (Å²) in [4.78, 5) is 29.7. The van der Waals surface area contributed by atoms with Crippen LogP contribution in [-0.4, -0.2) is 67.0 Å². The van der Waals surface area contributed by atoms with Crippen LogP contribution in [0.3, 0.4) is 0 Å². The van der Waals surface area contributed by atoms with E-state index >= 15 is 0 Å². The molecule has 1 fully saturated rings. The molecule has 0 bridgehead atoms. The first kappa shape index (κ1) is 24.3. The molecule has 2 aromatic rings. The maximum Gasteiger partial charge on any atom is 0.295 e. The van der Waals surface area contributed by atoms with E-state index in [4.69, 9.17) is 9.47 Å². The molecule has 3 rings (SSSR count). The van der Waals surface area contributed by atoms with Crippen molar-refractivity contribution in [2.45, 2.75) is 32.4 Å². The van der Waals surface area contributed by atoms with Crippen LogP contribution in [0.15, 0.2) is 54.1 Å². The van der Waals surface area contributed by atoms with Crippen LogP contribution in [0.4, 0.5) is 0 Å². The van der Waals surface area contributed by atoms with Crippen molar-refractivity contribution in [3.05, 3.63) is 65.2 Å². The Morgan fingerprint density at radius 2 is 1.64 bits per heavy atom. The van der Waals surface area contributed by atoms with Gasteiger partial charge in [0.05, 0.1) is 24.8 Å². The second kappa shape index (κ2) is 10.5. The predicted octanol–water partition coefficient (Wildman–Crippen LogP) is 3.86. The van der Waals surface area contributed by atoms with Crippen molar-refractivity contribution in [1.82, 2.24) is 9.80 Å². The first-order valence-electron chi connectivity index (χ1n) is 11.1. The van der Waals surface area contributed by atoms with Gasteiger partial charge in [0.1, 0.15) is 17.3 Å². The van der Waals surface area contributed by atoms with Gasteiger partial charge in [-0.25, -0.2) is 0 Å². The number of nitrogens with zero attached hydrogens (tertiary/aromatic N) is 2. The third-order valence-electron chi connectivity index (χ3n) is 5.48. The molecule has 7 nitrogen and oxygen atoms in total. The quantitative estimate of drug-likeness (QED) is 0.354. The first-order valence-corrected chi connectivity index (χ1v) is 11.1. The number of likely N-dealkylation sites (tertiary alicyclic amines) is 1. The van der Waals surface area contributed by atoms with Gasteiger partial charge in [-0.15, -0.1) is 0 Å². The van der Waals surface area contributed by atoms with Gasteiger partial charge in [0, 0.05) is 12.1 Å². The van der Waals surface area contributed by atoms with E-state index < -0.39 is 17.7 Å². The van der Waals surface area contributed by atoms with E-state index in [2.05, 4.69) is 0 Å². The molecule has 1 atom stereocenters. The van der Waals surface area contributed by atoms with Crippen molar-refractivity contribution < 1.29 is 24.2 Å². The minimum Gasteiger partial charge on any atom is -0.507 e. The first-order chi connectivity index (χ1) is 15.7. The van der Waals surface area contributed by atoms with Gasteiger partial charge in [0.25, 0.3) is 11.7 Å². The van der Waals surface area contributed by atoms with E-state index in [0.717, 1.165) is 12.1 Å². The molecule has 0 unspecified atom stereocenters. The number of Topliss-reactive ketones (excluding diaryl/α,β-unsaturated/α-hetero) is 1. The molecule has 33 heavy (non-hydrogen) atoms.